The normalized spacial score (nSPS) is 19.6. The van der Waals surface area contributed by atoms with Gasteiger partial charge in [0.05, 0.1) is 17.4 Å². The Balaban J connectivity index is 1.63. The van der Waals surface area contributed by atoms with Crippen LogP contribution in [0.2, 0.25) is 0 Å². The second-order valence-corrected chi connectivity index (χ2v) is 6.61. The van der Waals surface area contributed by atoms with E-state index in [2.05, 4.69) is 20.4 Å². The number of thioether (sulfide) groups is 1. The van der Waals surface area contributed by atoms with Crippen molar-refractivity contribution in [1.82, 2.24) is 20.4 Å². The quantitative estimate of drug-likeness (QED) is 0.848. The first-order valence-corrected chi connectivity index (χ1v) is 8.45. The SMILES string of the molecule is CN1CCNCC1c1noc(CSc2cccc(C(F)(F)F)c2)n1. The van der Waals surface area contributed by atoms with Crippen LogP contribution in [-0.4, -0.2) is 41.7 Å². The number of nitrogens with zero attached hydrogens (tertiary/aromatic N) is 3. The summed E-state index contributed by atoms with van der Waals surface area (Å²) in [4.78, 5) is 7.03. The number of aromatic nitrogens is 2. The number of alkyl halides is 3. The molecule has 0 aliphatic carbocycles. The lowest BCUT2D eigenvalue weighted by atomic mass is 10.2. The number of rotatable bonds is 4. The molecule has 1 aliphatic heterocycles. The van der Waals surface area contributed by atoms with Gasteiger partial charge in [-0.3, -0.25) is 4.90 Å². The molecule has 1 aromatic carbocycles. The number of piperazine rings is 1. The van der Waals surface area contributed by atoms with E-state index in [0.717, 1.165) is 31.8 Å². The molecule has 2 heterocycles. The van der Waals surface area contributed by atoms with Crippen LogP contribution in [0, 0.1) is 0 Å². The minimum Gasteiger partial charge on any atom is -0.338 e. The third-order valence-electron chi connectivity index (χ3n) is 3.82. The van der Waals surface area contributed by atoms with E-state index in [0.29, 0.717) is 22.4 Å². The lowest BCUT2D eigenvalue weighted by Crippen LogP contribution is -2.44. The molecule has 9 heteroatoms. The number of halogens is 3. The van der Waals surface area contributed by atoms with E-state index in [4.69, 9.17) is 4.52 Å². The fourth-order valence-corrected chi connectivity index (χ4v) is 3.26. The molecule has 1 aromatic heterocycles. The maximum Gasteiger partial charge on any atom is 0.416 e. The number of nitrogens with one attached hydrogen (secondary N) is 1. The summed E-state index contributed by atoms with van der Waals surface area (Å²) < 4.78 is 43.4. The summed E-state index contributed by atoms with van der Waals surface area (Å²) >= 11 is 1.24. The predicted molar refractivity (Wildman–Crippen MR) is 83.5 cm³/mol. The Morgan fingerprint density at radius 2 is 2.25 bits per heavy atom. The van der Waals surface area contributed by atoms with Gasteiger partial charge < -0.3 is 9.84 Å². The minimum absolute atomic E-state index is 0.0507. The highest BCUT2D eigenvalue weighted by atomic mass is 32.2. The smallest absolute Gasteiger partial charge is 0.338 e. The van der Waals surface area contributed by atoms with E-state index in [-0.39, 0.29) is 6.04 Å². The van der Waals surface area contributed by atoms with Crippen LogP contribution in [0.5, 0.6) is 0 Å². The van der Waals surface area contributed by atoms with Crippen molar-refractivity contribution in [2.45, 2.75) is 22.9 Å². The summed E-state index contributed by atoms with van der Waals surface area (Å²) in [7, 11) is 2.00. The van der Waals surface area contributed by atoms with Crippen molar-refractivity contribution < 1.29 is 17.7 Å². The van der Waals surface area contributed by atoms with Crippen LogP contribution < -0.4 is 5.32 Å². The van der Waals surface area contributed by atoms with Crippen LogP contribution in [0.1, 0.15) is 23.3 Å². The molecular weight excluding hydrogens is 341 g/mol. The zero-order valence-corrected chi connectivity index (χ0v) is 13.8. The van der Waals surface area contributed by atoms with Crippen molar-refractivity contribution in [1.29, 1.82) is 0 Å². The van der Waals surface area contributed by atoms with Crippen LogP contribution in [0.3, 0.4) is 0 Å². The van der Waals surface area contributed by atoms with E-state index in [9.17, 15) is 13.2 Å². The standard InChI is InChI=1S/C15H17F3N4OS/c1-22-6-5-19-8-12(22)14-20-13(23-21-14)9-24-11-4-2-3-10(7-11)15(16,17)18/h2-4,7,12,19H,5-6,8-9H2,1H3. The van der Waals surface area contributed by atoms with E-state index in [1.807, 2.05) is 7.05 Å². The van der Waals surface area contributed by atoms with E-state index in [1.54, 1.807) is 6.07 Å². The van der Waals surface area contributed by atoms with Crippen LogP contribution in [0.15, 0.2) is 33.7 Å². The summed E-state index contributed by atoms with van der Waals surface area (Å²) in [5.74, 6) is 1.34. The molecule has 0 spiro atoms. The molecule has 0 bridgehead atoms. The molecule has 1 unspecified atom stereocenters. The van der Waals surface area contributed by atoms with Crippen molar-refractivity contribution in [3.05, 3.63) is 41.5 Å². The van der Waals surface area contributed by atoms with Gasteiger partial charge in [-0.05, 0) is 25.2 Å². The summed E-state index contributed by atoms with van der Waals surface area (Å²) in [5.41, 5.74) is -0.659. The summed E-state index contributed by atoms with van der Waals surface area (Å²) in [6, 6.07) is 5.26. The molecule has 1 N–H and O–H groups in total. The lowest BCUT2D eigenvalue weighted by molar-refractivity contribution is -0.137. The second-order valence-electron chi connectivity index (χ2n) is 5.56. The highest BCUT2D eigenvalue weighted by Gasteiger charge is 2.30. The number of hydrogen-bond donors (Lipinski definition) is 1. The third kappa shape index (κ3) is 4.08. The number of hydrogen-bond acceptors (Lipinski definition) is 6. The monoisotopic (exact) mass is 358 g/mol. The van der Waals surface area contributed by atoms with Crippen LogP contribution in [0.25, 0.3) is 0 Å². The Kier molecular flexibility index (Phi) is 5.12. The molecule has 0 radical (unpaired) electrons. The van der Waals surface area contributed by atoms with Crippen LogP contribution >= 0.6 is 11.8 Å². The Morgan fingerprint density at radius 1 is 1.42 bits per heavy atom. The van der Waals surface area contributed by atoms with Crippen molar-refractivity contribution in [3.8, 4) is 0 Å². The minimum atomic E-state index is -4.34. The Labute approximate surface area is 141 Å². The first kappa shape index (κ1) is 17.2. The molecule has 3 rings (SSSR count). The van der Waals surface area contributed by atoms with Gasteiger partial charge in [-0.1, -0.05) is 11.2 Å². The average molecular weight is 358 g/mol. The molecule has 0 saturated carbocycles. The first-order chi connectivity index (χ1) is 11.4. The van der Waals surface area contributed by atoms with Crippen LogP contribution in [-0.2, 0) is 11.9 Å². The zero-order valence-electron chi connectivity index (χ0n) is 13.0. The molecular formula is C15H17F3N4OS. The van der Waals surface area contributed by atoms with Gasteiger partial charge >= 0.3 is 6.18 Å². The fourth-order valence-electron chi connectivity index (χ4n) is 2.46. The summed E-state index contributed by atoms with van der Waals surface area (Å²) in [6.07, 6.45) is -4.34. The van der Waals surface area contributed by atoms with Gasteiger partial charge in [-0.15, -0.1) is 11.8 Å². The average Bonchev–Trinajstić information content (AvgIpc) is 3.02. The van der Waals surface area contributed by atoms with Gasteiger partial charge in [0, 0.05) is 24.5 Å². The van der Waals surface area contributed by atoms with Crippen LogP contribution in [0.4, 0.5) is 13.2 Å². The maximum absolute atomic E-state index is 12.7. The molecule has 2 aromatic rings. The molecule has 130 valence electrons. The fraction of sp³-hybridized carbons (Fsp3) is 0.467. The Bertz CT molecular complexity index is 691. The van der Waals surface area contributed by atoms with Crippen molar-refractivity contribution in [3.63, 3.8) is 0 Å². The van der Waals surface area contributed by atoms with Crippen molar-refractivity contribution in [2.75, 3.05) is 26.7 Å². The molecule has 5 nitrogen and oxygen atoms in total. The van der Waals surface area contributed by atoms with Gasteiger partial charge in [-0.25, -0.2) is 0 Å². The van der Waals surface area contributed by atoms with Gasteiger partial charge in [0.15, 0.2) is 5.82 Å². The summed E-state index contributed by atoms with van der Waals surface area (Å²) in [5, 5.41) is 7.27. The molecule has 24 heavy (non-hydrogen) atoms. The Morgan fingerprint density at radius 3 is 3.00 bits per heavy atom. The molecule has 1 aliphatic rings. The van der Waals surface area contributed by atoms with Gasteiger partial charge in [0.2, 0.25) is 5.89 Å². The second kappa shape index (κ2) is 7.12. The summed E-state index contributed by atoms with van der Waals surface area (Å²) in [6.45, 7) is 2.56. The van der Waals surface area contributed by atoms with Gasteiger partial charge in [-0.2, -0.15) is 18.2 Å². The third-order valence-corrected chi connectivity index (χ3v) is 4.80. The van der Waals surface area contributed by atoms with E-state index >= 15 is 0 Å². The van der Waals surface area contributed by atoms with E-state index in [1.165, 1.54) is 17.8 Å². The Hall–Kier alpha value is -1.58. The van der Waals surface area contributed by atoms with Gasteiger partial charge in [0.1, 0.15) is 0 Å². The topological polar surface area (TPSA) is 54.2 Å². The highest BCUT2D eigenvalue weighted by Crippen LogP contribution is 2.32. The molecule has 1 fully saturated rings. The number of benzene rings is 1. The van der Waals surface area contributed by atoms with Crippen molar-refractivity contribution >= 4 is 11.8 Å². The maximum atomic E-state index is 12.7. The predicted octanol–water partition coefficient (Wildman–Crippen LogP) is 2.96. The lowest BCUT2D eigenvalue weighted by Gasteiger charge is -2.30. The highest BCUT2D eigenvalue weighted by molar-refractivity contribution is 7.98. The molecule has 0 amide bonds. The molecule has 1 saturated heterocycles. The van der Waals surface area contributed by atoms with Crippen molar-refractivity contribution in [2.24, 2.45) is 0 Å². The largest absolute Gasteiger partial charge is 0.416 e. The van der Waals surface area contributed by atoms with E-state index < -0.39 is 11.7 Å². The zero-order chi connectivity index (χ0) is 17.2. The first-order valence-electron chi connectivity index (χ1n) is 7.47. The number of likely N-dealkylation sites (N-methyl/N-ethyl adjacent to an activating group) is 1. The van der Waals surface area contributed by atoms with Gasteiger partial charge in [0.25, 0.3) is 0 Å². The molecule has 1 atom stereocenters.